The Morgan fingerprint density at radius 3 is 2.42 bits per heavy atom. The second-order valence-corrected chi connectivity index (χ2v) is 16.6. The van der Waals surface area contributed by atoms with Crippen LogP contribution >= 0.6 is 11.6 Å². The van der Waals surface area contributed by atoms with E-state index in [4.69, 9.17) is 30.5 Å². The van der Waals surface area contributed by atoms with Gasteiger partial charge in [-0.25, -0.2) is 9.48 Å². The first kappa shape index (κ1) is 44.8. The molecule has 1 fully saturated rings. The molecule has 2 amide bonds. The zero-order chi connectivity index (χ0) is 43.0. The van der Waals surface area contributed by atoms with Crippen molar-refractivity contribution in [3.8, 4) is 5.75 Å². The van der Waals surface area contributed by atoms with Crippen LogP contribution in [-0.4, -0.2) is 87.8 Å². The van der Waals surface area contributed by atoms with E-state index >= 15 is 0 Å². The van der Waals surface area contributed by atoms with Crippen LogP contribution in [0.1, 0.15) is 95.2 Å². The molecule has 2 aliphatic heterocycles. The number of carboxylic acid groups (broad SMARTS) is 1. The number of rotatable bonds is 13. The van der Waals surface area contributed by atoms with Crippen LogP contribution in [0.15, 0.2) is 60.8 Å². The van der Waals surface area contributed by atoms with Gasteiger partial charge in [0.2, 0.25) is 11.8 Å². The van der Waals surface area contributed by atoms with E-state index in [1.165, 1.54) is 13.2 Å². The van der Waals surface area contributed by atoms with Gasteiger partial charge in [0, 0.05) is 31.5 Å². The van der Waals surface area contributed by atoms with Gasteiger partial charge in [-0.1, -0.05) is 80.9 Å². The molecule has 0 spiro atoms. The van der Waals surface area contributed by atoms with E-state index in [0.717, 1.165) is 11.1 Å². The molecule has 1 aromatic heterocycles. The highest BCUT2D eigenvalue weighted by Crippen LogP contribution is 2.45. The fraction of sp³-hybridized carbons (Fsp3) is 0.512. The largest absolute Gasteiger partial charge is 0.495 e. The summed E-state index contributed by atoms with van der Waals surface area (Å²) in [7, 11) is 1.50. The number of carbonyl (C=O) groups excluding carboxylic acids is 4. The molecule has 1 unspecified atom stereocenters. The minimum atomic E-state index is -1.24. The van der Waals surface area contributed by atoms with E-state index in [0.29, 0.717) is 35.0 Å². The molecule has 0 bridgehead atoms. The number of nitrogens with zero attached hydrogens (tertiary/aromatic N) is 3. The van der Waals surface area contributed by atoms with Gasteiger partial charge in [-0.05, 0) is 67.5 Å². The van der Waals surface area contributed by atoms with E-state index in [2.05, 4.69) is 20.9 Å². The van der Waals surface area contributed by atoms with Crippen LogP contribution in [0.2, 0.25) is 5.02 Å². The van der Waals surface area contributed by atoms with Crippen molar-refractivity contribution >= 4 is 41.3 Å². The molecule has 3 heterocycles. The van der Waals surface area contributed by atoms with Gasteiger partial charge in [0.25, 0.3) is 0 Å². The average molecular weight is 836 g/mol. The number of amides is 2. The van der Waals surface area contributed by atoms with Crippen molar-refractivity contribution in [3.63, 3.8) is 0 Å². The van der Waals surface area contributed by atoms with Gasteiger partial charge in [0.1, 0.15) is 29.9 Å². The third kappa shape index (κ3) is 11.9. The van der Waals surface area contributed by atoms with E-state index in [9.17, 15) is 29.1 Å². The topological polar surface area (TPSA) is 201 Å². The van der Waals surface area contributed by atoms with Crippen molar-refractivity contribution in [2.75, 3.05) is 13.7 Å². The monoisotopic (exact) mass is 835 g/mol. The number of esters is 2. The smallest absolute Gasteiger partial charge is 0.347 e. The quantitative estimate of drug-likeness (QED) is 0.148. The number of halogens is 1. The lowest BCUT2D eigenvalue weighted by Crippen LogP contribution is -2.51. The number of nitrogens with one attached hydrogen (secondary N) is 2. The number of epoxide rings is 1. The van der Waals surface area contributed by atoms with Gasteiger partial charge in [-0.2, -0.15) is 0 Å². The number of carboxylic acids is 1. The van der Waals surface area contributed by atoms with Gasteiger partial charge < -0.3 is 34.7 Å². The van der Waals surface area contributed by atoms with Gasteiger partial charge >= 0.3 is 17.9 Å². The standard InChI is InChI=1S/C43H54ClN5O10/c1-8-29(40(52)53)32-22-49(48-47-32)21-26-12-15-28(16-13-26)38-37(59-38)25(4)33-10-9-11-36(50)46-31(20-27-14-17-34(56-7)30(44)19-27)39(51)45-23-43(5,6)42(55)58-35(18-24(2)3)41(54)57-33/h9,11-17,19,22,24-25,29,31,33,35,37-38H,8,10,18,20-21,23H2,1-7H3,(H,45,51)(H,46,50)(H,52,53)/b11-9-/t25-,29?,31+,33-,35-,37+,38+/m0/s1. The molecule has 0 aliphatic carbocycles. The van der Waals surface area contributed by atoms with Crippen LogP contribution in [0.25, 0.3) is 0 Å². The highest BCUT2D eigenvalue weighted by atomic mass is 35.5. The average Bonchev–Trinajstić information content (AvgIpc) is 3.86. The molecule has 318 valence electrons. The summed E-state index contributed by atoms with van der Waals surface area (Å²) in [4.78, 5) is 65.8. The molecule has 1 saturated heterocycles. The molecule has 0 radical (unpaired) electrons. The van der Waals surface area contributed by atoms with E-state index in [1.54, 1.807) is 55.9 Å². The molecular formula is C43H54ClN5O10. The SMILES string of the molecule is CCC(C(=O)O)c1cn(Cc2ccc([C@H]3O[C@@H]3[C@@H](C)[C@@H]3C/C=C\C(=O)N[C@H](Cc4ccc(OC)c(Cl)c4)C(=O)NCC(C)(C)C(=O)O[C@@H](CC(C)C)C(=O)O3)cc2)nn1. The summed E-state index contributed by atoms with van der Waals surface area (Å²) in [6.45, 7) is 11.0. The number of hydrogen-bond acceptors (Lipinski definition) is 11. The summed E-state index contributed by atoms with van der Waals surface area (Å²) in [6.07, 6.45) is 2.79. The molecule has 0 saturated carbocycles. The maximum Gasteiger partial charge on any atom is 0.347 e. The first-order chi connectivity index (χ1) is 28.0. The number of aromatic nitrogens is 3. The van der Waals surface area contributed by atoms with Crippen LogP contribution in [0, 0.1) is 17.3 Å². The van der Waals surface area contributed by atoms with Crippen molar-refractivity contribution in [1.82, 2.24) is 25.6 Å². The number of cyclic esters (lactones) is 2. The minimum Gasteiger partial charge on any atom is -0.495 e. The summed E-state index contributed by atoms with van der Waals surface area (Å²) >= 11 is 6.35. The second-order valence-electron chi connectivity index (χ2n) is 16.2. The molecule has 2 aliphatic rings. The van der Waals surface area contributed by atoms with Crippen molar-refractivity contribution in [2.45, 2.75) is 110 Å². The van der Waals surface area contributed by atoms with E-state index < -0.39 is 59.3 Å². The summed E-state index contributed by atoms with van der Waals surface area (Å²) < 4.78 is 24.9. The lowest BCUT2D eigenvalue weighted by Gasteiger charge is -2.29. The summed E-state index contributed by atoms with van der Waals surface area (Å²) in [5.74, 6) is -4.04. The zero-order valence-corrected chi connectivity index (χ0v) is 35.2. The van der Waals surface area contributed by atoms with Crippen LogP contribution in [0.3, 0.4) is 0 Å². The normalized spacial score (nSPS) is 24.3. The Bertz CT molecular complexity index is 2010. The first-order valence-electron chi connectivity index (χ1n) is 19.8. The van der Waals surface area contributed by atoms with Crippen molar-refractivity contribution < 1.29 is 48.0 Å². The van der Waals surface area contributed by atoms with Crippen molar-refractivity contribution in [3.05, 3.63) is 88.2 Å². The number of aliphatic carboxylic acids is 1. The Morgan fingerprint density at radius 1 is 1.07 bits per heavy atom. The highest BCUT2D eigenvalue weighted by molar-refractivity contribution is 6.32. The van der Waals surface area contributed by atoms with Crippen LogP contribution in [0.5, 0.6) is 5.75 Å². The number of carbonyl (C=O) groups is 5. The summed E-state index contributed by atoms with van der Waals surface area (Å²) in [5, 5.41) is 23.5. The Labute approximate surface area is 349 Å². The lowest BCUT2D eigenvalue weighted by atomic mass is 9.92. The fourth-order valence-electron chi connectivity index (χ4n) is 6.88. The van der Waals surface area contributed by atoms with E-state index in [-0.39, 0.29) is 49.9 Å². The Balaban J connectivity index is 1.34. The Kier molecular flexibility index (Phi) is 14.9. The predicted molar refractivity (Wildman–Crippen MR) is 216 cm³/mol. The van der Waals surface area contributed by atoms with Crippen molar-refractivity contribution in [2.24, 2.45) is 17.3 Å². The highest BCUT2D eigenvalue weighted by Gasteiger charge is 2.48. The fourth-order valence-corrected chi connectivity index (χ4v) is 7.16. The molecule has 7 atom stereocenters. The van der Waals surface area contributed by atoms with E-state index in [1.807, 2.05) is 45.0 Å². The molecule has 59 heavy (non-hydrogen) atoms. The molecule has 5 rings (SSSR count). The van der Waals surface area contributed by atoms with Crippen LogP contribution in [-0.2, 0) is 51.1 Å². The third-order valence-electron chi connectivity index (χ3n) is 10.6. The number of methoxy groups -OCH3 is 1. The lowest BCUT2D eigenvalue weighted by molar-refractivity contribution is -0.179. The number of hydrogen-bond donors (Lipinski definition) is 3. The Hall–Kier alpha value is -5.28. The Morgan fingerprint density at radius 2 is 1.78 bits per heavy atom. The van der Waals surface area contributed by atoms with Crippen molar-refractivity contribution in [1.29, 1.82) is 0 Å². The maximum atomic E-state index is 13.8. The molecule has 3 N–H and O–H groups in total. The molecule has 3 aromatic rings. The molecule has 15 nitrogen and oxygen atoms in total. The number of ether oxygens (including phenoxy) is 4. The first-order valence-corrected chi connectivity index (χ1v) is 20.2. The maximum absolute atomic E-state index is 13.8. The predicted octanol–water partition coefficient (Wildman–Crippen LogP) is 5.34. The van der Waals surface area contributed by atoms with Gasteiger partial charge in [-0.3, -0.25) is 19.2 Å². The van der Waals surface area contributed by atoms with Gasteiger partial charge in [0.15, 0.2) is 6.10 Å². The third-order valence-corrected chi connectivity index (χ3v) is 10.8. The minimum absolute atomic E-state index is 0.0239. The molecule has 16 heteroatoms. The second kappa shape index (κ2) is 19.6. The molecular weight excluding hydrogens is 782 g/mol. The summed E-state index contributed by atoms with van der Waals surface area (Å²) in [6, 6.07) is 11.8. The van der Waals surface area contributed by atoms with Crippen LogP contribution < -0.4 is 15.4 Å². The van der Waals surface area contributed by atoms with Gasteiger partial charge in [0.05, 0.1) is 35.9 Å². The molecule has 2 aromatic carbocycles. The summed E-state index contributed by atoms with van der Waals surface area (Å²) in [5.41, 5.74) is 1.67. The zero-order valence-electron chi connectivity index (χ0n) is 34.5. The van der Waals surface area contributed by atoms with Gasteiger partial charge in [-0.15, -0.1) is 5.10 Å². The number of benzene rings is 2. The van der Waals surface area contributed by atoms with Crippen LogP contribution in [0.4, 0.5) is 0 Å².